The van der Waals surface area contributed by atoms with Crippen LogP contribution in [-0.2, 0) is 4.74 Å². The van der Waals surface area contributed by atoms with Gasteiger partial charge in [0.1, 0.15) is 0 Å². The first-order valence-electron chi connectivity index (χ1n) is 6.38. The van der Waals surface area contributed by atoms with Crippen LogP contribution in [0.4, 0.5) is 5.69 Å². The number of hydrogen-bond acceptors (Lipinski definition) is 4. The summed E-state index contributed by atoms with van der Waals surface area (Å²) in [5, 5.41) is 3.00. The second-order valence-corrected chi connectivity index (χ2v) is 4.98. The summed E-state index contributed by atoms with van der Waals surface area (Å²) in [6.07, 6.45) is 5.05. The van der Waals surface area contributed by atoms with Crippen LogP contribution < -0.4 is 11.1 Å². The fourth-order valence-corrected chi connectivity index (χ4v) is 2.50. The van der Waals surface area contributed by atoms with Crippen LogP contribution in [0.25, 0.3) is 0 Å². The van der Waals surface area contributed by atoms with Gasteiger partial charge in [0.05, 0.1) is 17.8 Å². The maximum Gasteiger partial charge on any atom is 0.272 e. The topological polar surface area (TPSA) is 77.2 Å². The molecule has 5 nitrogen and oxygen atoms in total. The van der Waals surface area contributed by atoms with Crippen molar-refractivity contribution in [3.63, 3.8) is 0 Å². The largest absolute Gasteiger partial charge is 0.397 e. The lowest BCUT2D eigenvalue weighted by molar-refractivity contribution is 0.0728. The van der Waals surface area contributed by atoms with Crippen LogP contribution in [0.2, 0.25) is 0 Å². The highest BCUT2D eigenvalue weighted by molar-refractivity contribution is 5.97. The van der Waals surface area contributed by atoms with Gasteiger partial charge in [-0.1, -0.05) is 0 Å². The number of nitrogens with zero attached hydrogens (tertiary/aromatic N) is 1. The summed E-state index contributed by atoms with van der Waals surface area (Å²) in [7, 11) is 0. The fourth-order valence-electron chi connectivity index (χ4n) is 2.50. The molecule has 2 atom stereocenters. The van der Waals surface area contributed by atoms with Gasteiger partial charge in [-0.25, -0.2) is 4.98 Å². The molecule has 1 saturated carbocycles. The van der Waals surface area contributed by atoms with Crippen LogP contribution in [0.1, 0.15) is 29.8 Å². The van der Waals surface area contributed by atoms with E-state index in [1.807, 2.05) is 0 Å². The lowest BCUT2D eigenvalue weighted by Gasteiger charge is -2.19. The average molecular weight is 247 g/mol. The van der Waals surface area contributed by atoms with E-state index in [4.69, 9.17) is 10.5 Å². The molecule has 0 bridgehead atoms. The van der Waals surface area contributed by atoms with E-state index < -0.39 is 0 Å². The zero-order chi connectivity index (χ0) is 12.5. The van der Waals surface area contributed by atoms with Crippen LogP contribution in [0, 0.1) is 5.92 Å². The van der Waals surface area contributed by atoms with Crippen molar-refractivity contribution in [3.05, 3.63) is 24.0 Å². The third kappa shape index (κ3) is 2.18. The Labute approximate surface area is 106 Å². The maximum absolute atomic E-state index is 12.1. The minimum absolute atomic E-state index is 0.103. The molecule has 0 spiro atoms. The van der Waals surface area contributed by atoms with Crippen molar-refractivity contribution < 1.29 is 9.53 Å². The zero-order valence-corrected chi connectivity index (χ0v) is 10.1. The van der Waals surface area contributed by atoms with Gasteiger partial charge in [0.25, 0.3) is 5.91 Å². The monoisotopic (exact) mass is 247 g/mol. The second-order valence-electron chi connectivity index (χ2n) is 4.98. The molecule has 1 aromatic heterocycles. The van der Waals surface area contributed by atoms with Gasteiger partial charge in [-0.15, -0.1) is 0 Å². The van der Waals surface area contributed by atoms with Crippen molar-refractivity contribution in [2.45, 2.75) is 31.4 Å². The van der Waals surface area contributed by atoms with E-state index in [1.54, 1.807) is 18.3 Å². The molecular formula is C13H17N3O2. The van der Waals surface area contributed by atoms with Gasteiger partial charge in [0.2, 0.25) is 0 Å². The van der Waals surface area contributed by atoms with Crippen molar-refractivity contribution in [1.82, 2.24) is 10.3 Å². The normalized spacial score (nSPS) is 27.1. The highest BCUT2D eigenvalue weighted by Gasteiger charge is 2.41. The molecule has 0 radical (unpaired) electrons. The zero-order valence-electron chi connectivity index (χ0n) is 10.1. The summed E-state index contributed by atoms with van der Waals surface area (Å²) in [6, 6.07) is 3.51. The van der Waals surface area contributed by atoms with Crippen molar-refractivity contribution >= 4 is 11.6 Å². The average Bonchev–Trinajstić information content (AvgIpc) is 3.11. The minimum atomic E-state index is -0.200. The lowest BCUT2D eigenvalue weighted by atomic mass is 10.1. The minimum Gasteiger partial charge on any atom is -0.397 e. The van der Waals surface area contributed by atoms with E-state index in [1.165, 1.54) is 12.8 Å². The van der Waals surface area contributed by atoms with Gasteiger partial charge in [0, 0.05) is 12.8 Å². The summed E-state index contributed by atoms with van der Waals surface area (Å²) in [5.41, 5.74) is 6.47. The first kappa shape index (κ1) is 11.5. The van der Waals surface area contributed by atoms with E-state index in [0.29, 0.717) is 17.3 Å². The number of nitrogens with two attached hydrogens (primary N) is 1. The lowest BCUT2D eigenvalue weighted by Crippen LogP contribution is -2.41. The molecule has 96 valence electrons. The number of nitrogen functional groups attached to an aromatic ring is 1. The number of carbonyl (C=O) groups excluding carboxylic acids is 1. The molecule has 2 unspecified atom stereocenters. The molecule has 3 N–H and O–H groups in total. The third-order valence-electron chi connectivity index (χ3n) is 3.59. The number of nitrogens with one attached hydrogen (secondary N) is 1. The number of pyridine rings is 1. The van der Waals surface area contributed by atoms with E-state index in [0.717, 1.165) is 13.0 Å². The third-order valence-corrected chi connectivity index (χ3v) is 3.59. The number of carbonyl (C=O) groups is 1. The highest BCUT2D eigenvalue weighted by atomic mass is 16.5. The van der Waals surface area contributed by atoms with Gasteiger partial charge in [0.15, 0.2) is 5.69 Å². The van der Waals surface area contributed by atoms with Gasteiger partial charge >= 0.3 is 0 Å². The Morgan fingerprint density at radius 3 is 3.00 bits per heavy atom. The quantitative estimate of drug-likeness (QED) is 0.834. The summed E-state index contributed by atoms with van der Waals surface area (Å²) < 4.78 is 5.69. The number of hydrogen-bond donors (Lipinski definition) is 2. The molecule has 1 amide bonds. The Morgan fingerprint density at radius 2 is 2.28 bits per heavy atom. The first-order valence-corrected chi connectivity index (χ1v) is 6.38. The number of aromatic nitrogens is 1. The Kier molecular flexibility index (Phi) is 2.91. The van der Waals surface area contributed by atoms with Crippen molar-refractivity contribution in [2.75, 3.05) is 12.3 Å². The fraction of sp³-hybridized carbons (Fsp3) is 0.538. The smallest absolute Gasteiger partial charge is 0.272 e. The van der Waals surface area contributed by atoms with Crippen molar-refractivity contribution in [2.24, 2.45) is 5.92 Å². The number of ether oxygens (including phenoxy) is 1. The van der Waals surface area contributed by atoms with Gasteiger partial charge in [-0.05, 0) is 37.3 Å². The predicted molar refractivity (Wildman–Crippen MR) is 67.0 cm³/mol. The van der Waals surface area contributed by atoms with Crippen LogP contribution in [-0.4, -0.2) is 29.6 Å². The Morgan fingerprint density at radius 1 is 1.44 bits per heavy atom. The van der Waals surface area contributed by atoms with Crippen molar-refractivity contribution in [1.29, 1.82) is 0 Å². The summed E-state index contributed by atoms with van der Waals surface area (Å²) >= 11 is 0. The molecule has 1 aromatic rings. The van der Waals surface area contributed by atoms with Gasteiger partial charge in [-0.3, -0.25) is 4.79 Å². The van der Waals surface area contributed by atoms with Crippen LogP contribution in [0.5, 0.6) is 0 Å². The Hall–Kier alpha value is -1.62. The summed E-state index contributed by atoms with van der Waals surface area (Å²) in [4.78, 5) is 16.1. The standard InChI is InChI=1S/C13H17N3O2/c14-9-2-1-6-15-11(9)13(17)16-10-5-7-18-12(10)8-3-4-8/h1-2,6,8,10,12H,3-5,7,14H2,(H,16,17). The molecular weight excluding hydrogens is 230 g/mol. The molecule has 1 aliphatic carbocycles. The molecule has 2 fully saturated rings. The Bertz CT molecular complexity index is 459. The van der Waals surface area contributed by atoms with Gasteiger partial charge in [-0.2, -0.15) is 0 Å². The molecule has 5 heteroatoms. The van der Waals surface area contributed by atoms with E-state index in [9.17, 15) is 4.79 Å². The predicted octanol–water partition coefficient (Wildman–Crippen LogP) is 0.961. The van der Waals surface area contributed by atoms with Gasteiger partial charge < -0.3 is 15.8 Å². The Balaban J connectivity index is 1.69. The molecule has 1 saturated heterocycles. The van der Waals surface area contributed by atoms with E-state index >= 15 is 0 Å². The maximum atomic E-state index is 12.1. The molecule has 3 rings (SSSR count). The highest BCUT2D eigenvalue weighted by Crippen LogP contribution is 2.38. The number of rotatable bonds is 3. The SMILES string of the molecule is Nc1cccnc1C(=O)NC1CCOC1C1CC1. The number of anilines is 1. The summed E-state index contributed by atoms with van der Waals surface area (Å²) in [5.74, 6) is 0.424. The van der Waals surface area contributed by atoms with E-state index in [-0.39, 0.29) is 18.1 Å². The molecule has 1 aliphatic heterocycles. The molecule has 2 aliphatic rings. The van der Waals surface area contributed by atoms with Crippen LogP contribution in [0.15, 0.2) is 18.3 Å². The summed E-state index contributed by atoms with van der Waals surface area (Å²) in [6.45, 7) is 0.726. The second kappa shape index (κ2) is 4.57. The van der Waals surface area contributed by atoms with E-state index in [2.05, 4.69) is 10.3 Å². The van der Waals surface area contributed by atoms with Crippen molar-refractivity contribution in [3.8, 4) is 0 Å². The molecule has 0 aromatic carbocycles. The number of amides is 1. The van der Waals surface area contributed by atoms with Crippen LogP contribution in [0.3, 0.4) is 0 Å². The van der Waals surface area contributed by atoms with Crippen LogP contribution >= 0.6 is 0 Å². The first-order chi connectivity index (χ1) is 8.75. The molecule has 2 heterocycles. The molecule has 18 heavy (non-hydrogen) atoms.